The van der Waals surface area contributed by atoms with Gasteiger partial charge in [0.2, 0.25) is 0 Å². The molecule has 0 radical (unpaired) electrons. The van der Waals surface area contributed by atoms with E-state index in [1.807, 2.05) is 24.1 Å². The number of nitrogens with zero attached hydrogens (tertiary/aromatic N) is 2. The number of pyridine rings is 1. The molecule has 1 aromatic rings. The molecule has 1 saturated heterocycles. The smallest absolute Gasteiger partial charge is 0.263 e. The fourth-order valence-corrected chi connectivity index (χ4v) is 2.39. The second kappa shape index (κ2) is 7.24. The molecule has 20 heavy (non-hydrogen) atoms. The summed E-state index contributed by atoms with van der Waals surface area (Å²) < 4.78 is 5.69. The average molecular weight is 277 g/mol. The summed E-state index contributed by atoms with van der Waals surface area (Å²) in [5.41, 5.74) is 0.954. The first-order valence-electron chi connectivity index (χ1n) is 7.25. The molecule has 2 rings (SSSR count). The Labute approximate surface area is 120 Å². The van der Waals surface area contributed by atoms with Crippen molar-refractivity contribution in [3.8, 4) is 5.75 Å². The van der Waals surface area contributed by atoms with E-state index in [9.17, 15) is 4.79 Å². The van der Waals surface area contributed by atoms with E-state index in [4.69, 9.17) is 4.74 Å². The van der Waals surface area contributed by atoms with Gasteiger partial charge in [0.15, 0.2) is 6.10 Å². The minimum atomic E-state index is -0.454. The van der Waals surface area contributed by atoms with Crippen molar-refractivity contribution in [2.24, 2.45) is 0 Å². The van der Waals surface area contributed by atoms with Crippen LogP contribution in [0.1, 0.15) is 31.9 Å². The Morgan fingerprint density at radius 1 is 1.40 bits per heavy atom. The standard InChI is InChI=1S/C15H23N3O2/c1-12(15(19)18-8-4-3-5-9-18)20-14-7-6-13(10-16-2)17-11-14/h6-7,11-12,16H,3-5,8-10H2,1-2H3. The number of carbonyl (C=O) groups is 1. The molecule has 1 fully saturated rings. The quantitative estimate of drug-likeness (QED) is 0.888. The molecule has 0 aromatic carbocycles. The topological polar surface area (TPSA) is 54.5 Å². The minimum Gasteiger partial charge on any atom is -0.479 e. The Bertz CT molecular complexity index is 427. The van der Waals surface area contributed by atoms with Gasteiger partial charge in [-0.2, -0.15) is 0 Å². The molecular weight excluding hydrogens is 254 g/mol. The van der Waals surface area contributed by atoms with Gasteiger partial charge >= 0.3 is 0 Å². The second-order valence-corrected chi connectivity index (χ2v) is 5.16. The fourth-order valence-electron chi connectivity index (χ4n) is 2.39. The van der Waals surface area contributed by atoms with E-state index < -0.39 is 6.10 Å². The normalized spacial score (nSPS) is 16.8. The van der Waals surface area contributed by atoms with Gasteiger partial charge in [-0.1, -0.05) is 0 Å². The Morgan fingerprint density at radius 2 is 2.15 bits per heavy atom. The van der Waals surface area contributed by atoms with E-state index in [0.29, 0.717) is 5.75 Å². The molecular formula is C15H23N3O2. The Kier molecular flexibility index (Phi) is 5.35. The van der Waals surface area contributed by atoms with Crippen LogP contribution in [0.3, 0.4) is 0 Å². The summed E-state index contributed by atoms with van der Waals surface area (Å²) in [6.07, 6.45) is 4.63. The Hall–Kier alpha value is -1.62. The molecule has 0 bridgehead atoms. The summed E-state index contributed by atoms with van der Waals surface area (Å²) in [4.78, 5) is 18.4. The summed E-state index contributed by atoms with van der Waals surface area (Å²) in [5.74, 6) is 0.715. The lowest BCUT2D eigenvalue weighted by molar-refractivity contribution is -0.138. The molecule has 0 saturated carbocycles. The molecule has 1 aromatic heterocycles. The van der Waals surface area contributed by atoms with Crippen molar-refractivity contribution in [1.82, 2.24) is 15.2 Å². The van der Waals surface area contributed by atoms with Crippen LogP contribution < -0.4 is 10.1 Å². The van der Waals surface area contributed by atoms with Gasteiger partial charge in [0.25, 0.3) is 5.91 Å². The summed E-state index contributed by atoms with van der Waals surface area (Å²) in [7, 11) is 1.88. The van der Waals surface area contributed by atoms with Crippen LogP contribution in [0.25, 0.3) is 0 Å². The van der Waals surface area contributed by atoms with E-state index in [1.165, 1.54) is 6.42 Å². The van der Waals surface area contributed by atoms with E-state index in [0.717, 1.165) is 38.2 Å². The molecule has 110 valence electrons. The summed E-state index contributed by atoms with van der Waals surface area (Å²) in [6, 6.07) is 3.77. The molecule has 1 unspecified atom stereocenters. The summed E-state index contributed by atoms with van der Waals surface area (Å²) in [5, 5.41) is 3.04. The highest BCUT2D eigenvalue weighted by Crippen LogP contribution is 2.15. The van der Waals surface area contributed by atoms with E-state index in [1.54, 1.807) is 13.1 Å². The zero-order valence-corrected chi connectivity index (χ0v) is 12.3. The van der Waals surface area contributed by atoms with Gasteiger partial charge in [-0.25, -0.2) is 0 Å². The number of rotatable bonds is 5. The second-order valence-electron chi connectivity index (χ2n) is 5.16. The molecule has 1 N–H and O–H groups in total. The number of carbonyl (C=O) groups excluding carboxylic acids is 1. The highest BCUT2D eigenvalue weighted by Gasteiger charge is 2.23. The van der Waals surface area contributed by atoms with E-state index in [-0.39, 0.29) is 5.91 Å². The molecule has 1 amide bonds. The third kappa shape index (κ3) is 3.93. The van der Waals surface area contributed by atoms with Crippen LogP contribution in [-0.4, -0.2) is 42.0 Å². The molecule has 0 aliphatic carbocycles. The molecule has 5 nitrogen and oxygen atoms in total. The highest BCUT2D eigenvalue weighted by atomic mass is 16.5. The number of likely N-dealkylation sites (tertiary alicyclic amines) is 1. The van der Waals surface area contributed by atoms with Gasteiger partial charge in [-0.15, -0.1) is 0 Å². The van der Waals surface area contributed by atoms with E-state index >= 15 is 0 Å². The zero-order chi connectivity index (χ0) is 14.4. The van der Waals surface area contributed by atoms with Gasteiger partial charge in [0.1, 0.15) is 5.75 Å². The van der Waals surface area contributed by atoms with Crippen LogP contribution in [0.5, 0.6) is 5.75 Å². The molecule has 1 aliphatic rings. The monoisotopic (exact) mass is 277 g/mol. The van der Waals surface area contributed by atoms with Crippen molar-refractivity contribution in [2.75, 3.05) is 20.1 Å². The number of hydrogen-bond acceptors (Lipinski definition) is 4. The number of aromatic nitrogens is 1. The number of amides is 1. The van der Waals surface area contributed by atoms with Gasteiger partial charge < -0.3 is 15.0 Å². The third-order valence-electron chi connectivity index (χ3n) is 3.48. The van der Waals surface area contributed by atoms with Crippen molar-refractivity contribution in [3.63, 3.8) is 0 Å². The first-order valence-corrected chi connectivity index (χ1v) is 7.25. The van der Waals surface area contributed by atoms with Crippen LogP contribution in [-0.2, 0) is 11.3 Å². The number of nitrogens with one attached hydrogen (secondary N) is 1. The largest absolute Gasteiger partial charge is 0.479 e. The maximum Gasteiger partial charge on any atom is 0.263 e. The van der Waals surface area contributed by atoms with Gasteiger partial charge in [0, 0.05) is 19.6 Å². The lowest BCUT2D eigenvalue weighted by Crippen LogP contribution is -2.43. The maximum absolute atomic E-state index is 12.2. The number of ether oxygens (including phenoxy) is 1. The maximum atomic E-state index is 12.2. The molecule has 2 heterocycles. The lowest BCUT2D eigenvalue weighted by Gasteiger charge is -2.29. The van der Waals surface area contributed by atoms with Crippen LogP contribution in [0.2, 0.25) is 0 Å². The van der Waals surface area contributed by atoms with Crippen LogP contribution >= 0.6 is 0 Å². The molecule has 0 spiro atoms. The fraction of sp³-hybridized carbons (Fsp3) is 0.600. The van der Waals surface area contributed by atoms with Gasteiger partial charge in [0.05, 0.1) is 11.9 Å². The first-order chi connectivity index (χ1) is 9.70. The SMILES string of the molecule is CNCc1ccc(OC(C)C(=O)N2CCCCC2)cn1. The highest BCUT2D eigenvalue weighted by molar-refractivity contribution is 5.80. The van der Waals surface area contributed by atoms with Crippen LogP contribution in [0.4, 0.5) is 0 Å². The third-order valence-corrected chi connectivity index (χ3v) is 3.48. The molecule has 1 aliphatic heterocycles. The van der Waals surface area contributed by atoms with Crippen LogP contribution in [0, 0.1) is 0 Å². The van der Waals surface area contributed by atoms with Gasteiger partial charge in [-0.3, -0.25) is 9.78 Å². The zero-order valence-electron chi connectivity index (χ0n) is 12.3. The lowest BCUT2D eigenvalue weighted by atomic mass is 10.1. The predicted octanol–water partition coefficient (Wildman–Crippen LogP) is 1.58. The molecule has 1 atom stereocenters. The Balaban J connectivity index is 1.89. The van der Waals surface area contributed by atoms with Gasteiger partial charge in [-0.05, 0) is 45.4 Å². The summed E-state index contributed by atoms with van der Waals surface area (Å²) >= 11 is 0. The van der Waals surface area contributed by atoms with Crippen LogP contribution in [0.15, 0.2) is 18.3 Å². The summed E-state index contributed by atoms with van der Waals surface area (Å²) in [6.45, 7) is 4.23. The minimum absolute atomic E-state index is 0.0731. The number of piperidine rings is 1. The molecule has 5 heteroatoms. The van der Waals surface area contributed by atoms with Crippen molar-refractivity contribution >= 4 is 5.91 Å². The first kappa shape index (κ1) is 14.8. The van der Waals surface area contributed by atoms with E-state index in [2.05, 4.69) is 10.3 Å². The van der Waals surface area contributed by atoms with Crippen molar-refractivity contribution < 1.29 is 9.53 Å². The Morgan fingerprint density at radius 3 is 2.75 bits per heavy atom. The van der Waals surface area contributed by atoms with Crippen molar-refractivity contribution in [2.45, 2.75) is 38.8 Å². The number of hydrogen-bond donors (Lipinski definition) is 1. The van der Waals surface area contributed by atoms with Crippen molar-refractivity contribution in [3.05, 3.63) is 24.0 Å². The van der Waals surface area contributed by atoms with Crippen molar-refractivity contribution in [1.29, 1.82) is 0 Å². The average Bonchev–Trinajstić information content (AvgIpc) is 2.49. The predicted molar refractivity (Wildman–Crippen MR) is 77.5 cm³/mol.